The second-order valence-corrected chi connectivity index (χ2v) is 5.04. The molecule has 1 aromatic rings. The van der Waals surface area contributed by atoms with Crippen molar-refractivity contribution < 1.29 is 15.0 Å². The van der Waals surface area contributed by atoms with Crippen LogP contribution < -0.4 is 0 Å². The van der Waals surface area contributed by atoms with Gasteiger partial charge in [-0.05, 0) is 30.9 Å². The summed E-state index contributed by atoms with van der Waals surface area (Å²) in [7, 11) is 1.73. The van der Waals surface area contributed by atoms with E-state index in [2.05, 4.69) is 16.8 Å². The van der Waals surface area contributed by atoms with Crippen LogP contribution in [-0.4, -0.2) is 52.3 Å². The Morgan fingerprint density at radius 2 is 2.30 bits per heavy atom. The highest BCUT2D eigenvalue weighted by Crippen LogP contribution is 2.27. The van der Waals surface area contributed by atoms with Crippen LogP contribution in [0, 0.1) is 17.8 Å². The van der Waals surface area contributed by atoms with E-state index >= 15 is 0 Å². The van der Waals surface area contributed by atoms with Crippen LogP contribution in [0.2, 0.25) is 0 Å². The highest BCUT2D eigenvalue weighted by Gasteiger charge is 2.29. The number of amides is 1. The summed E-state index contributed by atoms with van der Waals surface area (Å²) in [5.74, 6) is 5.44. The molecule has 0 radical (unpaired) electrons. The minimum Gasteiger partial charge on any atom is -0.393 e. The van der Waals surface area contributed by atoms with Crippen molar-refractivity contribution in [2.24, 2.45) is 5.92 Å². The van der Waals surface area contributed by atoms with Crippen molar-refractivity contribution in [2.45, 2.75) is 18.9 Å². The third kappa shape index (κ3) is 3.35. The lowest BCUT2D eigenvalue weighted by atomic mass is 9.82. The van der Waals surface area contributed by atoms with Gasteiger partial charge in [-0.15, -0.1) is 0 Å². The molecule has 1 heterocycles. The van der Waals surface area contributed by atoms with E-state index in [4.69, 9.17) is 5.11 Å². The Labute approximate surface area is 118 Å². The smallest absolute Gasteiger partial charge is 0.273 e. The Bertz CT molecular complexity index is 542. The topological polar surface area (TPSA) is 73.7 Å². The molecule has 20 heavy (non-hydrogen) atoms. The minimum atomic E-state index is -0.252. The number of aliphatic hydroxyl groups is 2. The average molecular weight is 274 g/mol. The number of aromatic nitrogens is 1. The number of hydrogen-bond acceptors (Lipinski definition) is 4. The standard InChI is InChI=1S/C15H18N2O3/c1-17(10-11-8-13(19)9-11)15(20)14-12(5-3-7-18)4-2-6-16-14/h2,4,6,11,13,18-19H,7-10H2,1H3. The number of aliphatic hydroxyl groups excluding tert-OH is 2. The largest absolute Gasteiger partial charge is 0.393 e. The molecule has 0 aliphatic heterocycles. The molecule has 0 spiro atoms. The van der Waals surface area contributed by atoms with E-state index in [0.717, 1.165) is 12.8 Å². The highest BCUT2D eigenvalue weighted by atomic mass is 16.3. The van der Waals surface area contributed by atoms with Crippen LogP contribution in [0.1, 0.15) is 28.9 Å². The Kier molecular flexibility index (Phi) is 4.72. The second-order valence-electron chi connectivity index (χ2n) is 5.04. The van der Waals surface area contributed by atoms with Crippen LogP contribution in [-0.2, 0) is 0 Å². The van der Waals surface area contributed by atoms with E-state index in [1.807, 2.05) is 0 Å². The third-order valence-electron chi connectivity index (χ3n) is 3.40. The average Bonchev–Trinajstić information content (AvgIpc) is 2.43. The van der Waals surface area contributed by atoms with Gasteiger partial charge in [0.2, 0.25) is 0 Å². The molecular weight excluding hydrogens is 256 g/mol. The Hall–Kier alpha value is -1.90. The number of carbonyl (C=O) groups excluding carboxylic acids is 1. The summed E-state index contributed by atoms with van der Waals surface area (Å²) in [6.07, 6.45) is 2.83. The zero-order chi connectivity index (χ0) is 14.5. The van der Waals surface area contributed by atoms with Gasteiger partial charge in [-0.1, -0.05) is 11.8 Å². The fraction of sp³-hybridized carbons (Fsp3) is 0.467. The lowest BCUT2D eigenvalue weighted by Gasteiger charge is -2.34. The number of hydrogen-bond donors (Lipinski definition) is 2. The summed E-state index contributed by atoms with van der Waals surface area (Å²) in [6, 6.07) is 3.42. The van der Waals surface area contributed by atoms with Crippen LogP contribution in [0.25, 0.3) is 0 Å². The van der Waals surface area contributed by atoms with Crippen molar-refractivity contribution in [1.29, 1.82) is 0 Å². The zero-order valence-electron chi connectivity index (χ0n) is 11.4. The van der Waals surface area contributed by atoms with Crippen LogP contribution in [0.3, 0.4) is 0 Å². The van der Waals surface area contributed by atoms with Crippen molar-refractivity contribution >= 4 is 5.91 Å². The highest BCUT2D eigenvalue weighted by molar-refractivity contribution is 5.94. The van der Waals surface area contributed by atoms with Gasteiger partial charge in [-0.25, -0.2) is 4.98 Å². The van der Waals surface area contributed by atoms with Crippen LogP contribution in [0.15, 0.2) is 18.3 Å². The summed E-state index contributed by atoms with van der Waals surface area (Å²) in [5.41, 5.74) is 0.822. The molecule has 0 saturated heterocycles. The van der Waals surface area contributed by atoms with Gasteiger partial charge in [0, 0.05) is 19.8 Å². The molecule has 1 fully saturated rings. The number of carbonyl (C=O) groups is 1. The second kappa shape index (κ2) is 6.51. The van der Waals surface area contributed by atoms with Crippen molar-refractivity contribution in [3.8, 4) is 11.8 Å². The van der Waals surface area contributed by atoms with Gasteiger partial charge >= 0.3 is 0 Å². The Morgan fingerprint density at radius 1 is 1.55 bits per heavy atom. The molecule has 106 valence electrons. The molecule has 5 heteroatoms. The van der Waals surface area contributed by atoms with E-state index in [-0.39, 0.29) is 18.6 Å². The van der Waals surface area contributed by atoms with E-state index in [0.29, 0.717) is 23.7 Å². The van der Waals surface area contributed by atoms with Gasteiger partial charge in [0.15, 0.2) is 0 Å². The first-order valence-corrected chi connectivity index (χ1v) is 6.60. The molecule has 2 rings (SSSR count). The first kappa shape index (κ1) is 14.5. The fourth-order valence-electron chi connectivity index (χ4n) is 2.31. The number of rotatable bonds is 3. The number of pyridine rings is 1. The summed E-state index contributed by atoms with van der Waals surface area (Å²) in [6.45, 7) is 0.359. The van der Waals surface area contributed by atoms with Crippen molar-refractivity contribution in [2.75, 3.05) is 20.2 Å². The molecule has 5 nitrogen and oxygen atoms in total. The summed E-state index contributed by atoms with van der Waals surface area (Å²) in [5, 5.41) is 18.0. The van der Waals surface area contributed by atoms with Crippen molar-refractivity contribution in [3.05, 3.63) is 29.6 Å². The quantitative estimate of drug-likeness (QED) is 0.776. The molecular formula is C15H18N2O3. The molecule has 1 aromatic heterocycles. The first-order chi connectivity index (χ1) is 9.61. The lowest BCUT2D eigenvalue weighted by molar-refractivity contribution is 0.0264. The molecule has 0 aromatic carbocycles. The lowest BCUT2D eigenvalue weighted by Crippen LogP contribution is -2.40. The third-order valence-corrected chi connectivity index (χ3v) is 3.40. The maximum absolute atomic E-state index is 12.4. The summed E-state index contributed by atoms with van der Waals surface area (Å²) >= 11 is 0. The van der Waals surface area contributed by atoms with Gasteiger partial charge < -0.3 is 15.1 Å². The van der Waals surface area contributed by atoms with E-state index < -0.39 is 0 Å². The molecule has 1 aliphatic carbocycles. The van der Waals surface area contributed by atoms with Crippen LogP contribution in [0.4, 0.5) is 0 Å². The molecule has 0 unspecified atom stereocenters. The van der Waals surface area contributed by atoms with E-state index in [1.165, 1.54) is 0 Å². The summed E-state index contributed by atoms with van der Waals surface area (Å²) in [4.78, 5) is 18.1. The van der Waals surface area contributed by atoms with E-state index in [1.54, 1.807) is 30.3 Å². The Morgan fingerprint density at radius 3 is 2.95 bits per heavy atom. The van der Waals surface area contributed by atoms with Gasteiger partial charge in [-0.3, -0.25) is 4.79 Å². The van der Waals surface area contributed by atoms with Crippen molar-refractivity contribution in [3.63, 3.8) is 0 Å². The molecule has 0 bridgehead atoms. The maximum Gasteiger partial charge on any atom is 0.273 e. The predicted molar refractivity (Wildman–Crippen MR) is 73.9 cm³/mol. The summed E-state index contributed by atoms with van der Waals surface area (Å²) < 4.78 is 0. The van der Waals surface area contributed by atoms with Gasteiger partial charge in [0.1, 0.15) is 12.3 Å². The SMILES string of the molecule is CN(CC1CC(O)C1)C(=O)c1ncccc1C#CCO. The molecule has 0 atom stereocenters. The van der Waals surface area contributed by atoms with Gasteiger partial charge in [0.05, 0.1) is 11.7 Å². The van der Waals surface area contributed by atoms with Crippen LogP contribution >= 0.6 is 0 Å². The molecule has 1 amide bonds. The molecule has 2 N–H and O–H groups in total. The zero-order valence-corrected chi connectivity index (χ0v) is 11.4. The molecule has 1 aliphatic rings. The Balaban J connectivity index is 2.08. The number of nitrogens with zero attached hydrogens (tertiary/aromatic N) is 2. The monoisotopic (exact) mass is 274 g/mol. The van der Waals surface area contributed by atoms with Crippen LogP contribution in [0.5, 0.6) is 0 Å². The maximum atomic E-state index is 12.4. The normalized spacial score (nSPS) is 20.6. The van der Waals surface area contributed by atoms with Gasteiger partial charge in [-0.2, -0.15) is 0 Å². The van der Waals surface area contributed by atoms with E-state index in [9.17, 15) is 9.90 Å². The fourth-order valence-corrected chi connectivity index (χ4v) is 2.31. The predicted octanol–water partition coefficient (Wildman–Crippen LogP) is 0.268. The molecule has 1 saturated carbocycles. The first-order valence-electron chi connectivity index (χ1n) is 6.60. The van der Waals surface area contributed by atoms with Crippen molar-refractivity contribution in [1.82, 2.24) is 9.88 Å². The van der Waals surface area contributed by atoms with Gasteiger partial charge in [0.25, 0.3) is 5.91 Å². The minimum absolute atomic E-state index is 0.186.